The van der Waals surface area contributed by atoms with Gasteiger partial charge in [-0.15, -0.1) is 0 Å². The van der Waals surface area contributed by atoms with Crippen molar-refractivity contribution >= 4 is 23.5 Å². The van der Waals surface area contributed by atoms with Gasteiger partial charge in [0.2, 0.25) is 11.8 Å². The summed E-state index contributed by atoms with van der Waals surface area (Å²) in [5.41, 5.74) is 0.604. The monoisotopic (exact) mass is 323 g/mol. The van der Waals surface area contributed by atoms with Crippen LogP contribution < -0.4 is 4.90 Å². The number of allylic oxidation sites excluding steroid dienone is 2. The van der Waals surface area contributed by atoms with Gasteiger partial charge in [0.1, 0.15) is 0 Å². The molecule has 3 fully saturated rings. The zero-order chi connectivity index (χ0) is 16.6. The summed E-state index contributed by atoms with van der Waals surface area (Å²) < 4.78 is 4.80. The van der Waals surface area contributed by atoms with Crippen LogP contribution in [-0.2, 0) is 14.3 Å². The molecule has 0 aromatic heterocycles. The first-order chi connectivity index (χ1) is 11.6. The minimum Gasteiger partial charge on any atom is -0.465 e. The molecule has 0 unspecified atom stereocenters. The van der Waals surface area contributed by atoms with Gasteiger partial charge in [-0.05, 0) is 42.2 Å². The van der Waals surface area contributed by atoms with Crippen molar-refractivity contribution in [3.8, 4) is 0 Å². The molecule has 122 valence electrons. The number of amides is 2. The number of carbonyl (C=O) groups excluding carboxylic acids is 3. The predicted octanol–water partition coefficient (Wildman–Crippen LogP) is 2.03. The first kappa shape index (κ1) is 14.0. The van der Waals surface area contributed by atoms with Crippen LogP contribution in [0.15, 0.2) is 36.4 Å². The van der Waals surface area contributed by atoms with Crippen LogP contribution in [0.1, 0.15) is 16.8 Å². The summed E-state index contributed by atoms with van der Waals surface area (Å²) in [4.78, 5) is 39.4. The number of nitrogens with zero attached hydrogens (tertiary/aromatic N) is 1. The van der Waals surface area contributed by atoms with Gasteiger partial charge in [0, 0.05) is 0 Å². The van der Waals surface area contributed by atoms with Crippen molar-refractivity contribution in [1.29, 1.82) is 0 Å². The fourth-order valence-electron chi connectivity index (χ4n) is 5.15. The Morgan fingerprint density at radius 3 is 2.21 bits per heavy atom. The van der Waals surface area contributed by atoms with Crippen molar-refractivity contribution in [2.75, 3.05) is 12.0 Å². The van der Waals surface area contributed by atoms with E-state index < -0.39 is 5.97 Å². The third-order valence-electron chi connectivity index (χ3n) is 6.21. The second kappa shape index (κ2) is 4.56. The Bertz CT molecular complexity index is 777. The average Bonchev–Trinajstić information content (AvgIpc) is 3.39. The van der Waals surface area contributed by atoms with E-state index >= 15 is 0 Å². The van der Waals surface area contributed by atoms with Crippen LogP contribution in [0.2, 0.25) is 0 Å². The Labute approximate surface area is 139 Å². The van der Waals surface area contributed by atoms with E-state index in [1.807, 2.05) is 0 Å². The number of carbonyl (C=O) groups is 3. The molecule has 1 aromatic carbocycles. The third-order valence-corrected chi connectivity index (χ3v) is 6.21. The summed E-state index contributed by atoms with van der Waals surface area (Å²) in [6.45, 7) is 0. The molecule has 0 spiro atoms. The molecule has 0 radical (unpaired) electrons. The maximum absolute atomic E-state index is 13.1. The van der Waals surface area contributed by atoms with Crippen molar-refractivity contribution in [3.05, 3.63) is 42.0 Å². The summed E-state index contributed by atoms with van der Waals surface area (Å²) in [5.74, 6) is 0.0992. The van der Waals surface area contributed by atoms with E-state index in [4.69, 9.17) is 4.74 Å². The number of anilines is 1. The quantitative estimate of drug-likeness (QED) is 0.475. The number of ether oxygens (including phenoxy) is 1. The fourth-order valence-corrected chi connectivity index (χ4v) is 5.15. The molecule has 24 heavy (non-hydrogen) atoms. The lowest BCUT2D eigenvalue weighted by Gasteiger charge is -2.37. The second-order valence-electron chi connectivity index (χ2n) is 7.18. The molecule has 1 saturated heterocycles. The maximum Gasteiger partial charge on any atom is 0.339 e. The standard InChI is InChI=1S/C19H17NO4/c1-24-19(23)11-4-2-3-5-14(11)20-17(21)15-9-6-7-10(13-8-12(9)13)16(15)18(20)22/h2-7,9-10,12-13,15-16H,8H2,1H3/t9-,10-,12-,13-,15-,16+/m0/s1. The van der Waals surface area contributed by atoms with Gasteiger partial charge < -0.3 is 4.74 Å². The minimum atomic E-state index is -0.537. The predicted molar refractivity (Wildman–Crippen MR) is 85.0 cm³/mol. The van der Waals surface area contributed by atoms with Gasteiger partial charge in [0.15, 0.2) is 0 Å². The molecule has 5 nitrogen and oxygen atoms in total. The van der Waals surface area contributed by atoms with Gasteiger partial charge in [-0.1, -0.05) is 24.3 Å². The Morgan fingerprint density at radius 2 is 1.62 bits per heavy atom. The molecular formula is C19H17NO4. The second-order valence-corrected chi connectivity index (χ2v) is 7.18. The molecule has 0 N–H and O–H groups in total. The maximum atomic E-state index is 13.1. The number of esters is 1. The summed E-state index contributed by atoms with van der Waals surface area (Å²) in [6, 6.07) is 6.67. The molecule has 4 aliphatic carbocycles. The molecule has 2 bridgehead atoms. The first-order valence-corrected chi connectivity index (χ1v) is 8.37. The van der Waals surface area contributed by atoms with E-state index in [-0.39, 0.29) is 41.0 Å². The topological polar surface area (TPSA) is 63.7 Å². The normalized spacial score (nSPS) is 38.1. The molecule has 5 aliphatic rings. The number of methoxy groups -OCH3 is 1. The molecule has 2 saturated carbocycles. The summed E-state index contributed by atoms with van der Waals surface area (Å²) in [6.07, 6.45) is 5.41. The van der Waals surface area contributed by atoms with Crippen LogP contribution in [0, 0.1) is 35.5 Å². The minimum absolute atomic E-state index is 0.161. The number of rotatable bonds is 2. The Balaban J connectivity index is 1.59. The highest BCUT2D eigenvalue weighted by Gasteiger charge is 2.67. The highest BCUT2D eigenvalue weighted by atomic mass is 16.5. The van der Waals surface area contributed by atoms with Crippen molar-refractivity contribution in [1.82, 2.24) is 0 Å². The lowest BCUT2D eigenvalue weighted by atomic mass is 9.63. The van der Waals surface area contributed by atoms with Crippen molar-refractivity contribution in [3.63, 3.8) is 0 Å². The molecule has 1 aliphatic heterocycles. The zero-order valence-electron chi connectivity index (χ0n) is 13.2. The van der Waals surface area contributed by atoms with E-state index in [1.165, 1.54) is 12.0 Å². The SMILES string of the molecule is COC(=O)c1ccccc1N1C(=O)[C@@H]2[C@H]3C=C[C@@H]([C@@H]4C[C@@H]34)[C@@H]2C1=O. The lowest BCUT2D eigenvalue weighted by molar-refractivity contribution is -0.124. The zero-order valence-corrected chi connectivity index (χ0v) is 13.2. The summed E-state index contributed by atoms with van der Waals surface area (Å²) >= 11 is 0. The van der Waals surface area contributed by atoms with Gasteiger partial charge in [0.25, 0.3) is 0 Å². The van der Waals surface area contributed by atoms with E-state index in [0.717, 1.165) is 6.42 Å². The van der Waals surface area contributed by atoms with Crippen LogP contribution in [0.4, 0.5) is 5.69 Å². The Kier molecular flexibility index (Phi) is 2.65. The number of hydrogen-bond acceptors (Lipinski definition) is 4. The van der Waals surface area contributed by atoms with Crippen molar-refractivity contribution in [2.45, 2.75) is 6.42 Å². The van der Waals surface area contributed by atoms with Gasteiger partial charge in [0.05, 0.1) is 30.2 Å². The van der Waals surface area contributed by atoms with Crippen LogP contribution in [0.3, 0.4) is 0 Å². The summed E-state index contributed by atoms with van der Waals surface area (Å²) in [7, 11) is 1.30. The van der Waals surface area contributed by atoms with Crippen LogP contribution in [0.5, 0.6) is 0 Å². The van der Waals surface area contributed by atoms with E-state index in [2.05, 4.69) is 12.2 Å². The third kappa shape index (κ3) is 1.57. The first-order valence-electron chi connectivity index (χ1n) is 8.37. The largest absolute Gasteiger partial charge is 0.465 e. The number of benzene rings is 1. The molecule has 1 heterocycles. The van der Waals surface area contributed by atoms with E-state index in [1.54, 1.807) is 24.3 Å². The van der Waals surface area contributed by atoms with Crippen LogP contribution in [0.25, 0.3) is 0 Å². The average molecular weight is 323 g/mol. The molecular weight excluding hydrogens is 306 g/mol. The Hall–Kier alpha value is -2.43. The highest BCUT2D eigenvalue weighted by molar-refractivity contribution is 6.24. The molecule has 2 amide bonds. The highest BCUT2D eigenvalue weighted by Crippen LogP contribution is 2.65. The van der Waals surface area contributed by atoms with Crippen molar-refractivity contribution in [2.24, 2.45) is 35.5 Å². The van der Waals surface area contributed by atoms with Gasteiger partial charge in [-0.25, -0.2) is 9.69 Å². The smallest absolute Gasteiger partial charge is 0.339 e. The van der Waals surface area contributed by atoms with Gasteiger partial charge >= 0.3 is 5.97 Å². The van der Waals surface area contributed by atoms with Gasteiger partial charge in [-0.2, -0.15) is 0 Å². The van der Waals surface area contributed by atoms with E-state index in [9.17, 15) is 14.4 Å². The number of imide groups is 1. The molecule has 6 atom stereocenters. The fraction of sp³-hybridized carbons (Fsp3) is 0.421. The number of hydrogen-bond donors (Lipinski definition) is 0. The van der Waals surface area contributed by atoms with Crippen LogP contribution in [-0.4, -0.2) is 24.9 Å². The lowest BCUT2D eigenvalue weighted by Crippen LogP contribution is -2.40. The summed E-state index contributed by atoms with van der Waals surface area (Å²) in [5, 5.41) is 0. The van der Waals surface area contributed by atoms with Crippen molar-refractivity contribution < 1.29 is 19.1 Å². The Morgan fingerprint density at radius 1 is 1.04 bits per heavy atom. The van der Waals surface area contributed by atoms with E-state index in [0.29, 0.717) is 17.5 Å². The van der Waals surface area contributed by atoms with Crippen LogP contribution >= 0.6 is 0 Å². The molecule has 6 rings (SSSR count). The van der Waals surface area contributed by atoms with Gasteiger partial charge in [-0.3, -0.25) is 9.59 Å². The molecule has 5 heteroatoms. The number of para-hydroxylation sites is 1. The molecule has 1 aromatic rings.